The van der Waals surface area contributed by atoms with E-state index in [1.54, 1.807) is 30.3 Å². The second kappa shape index (κ2) is 10.2. The molecule has 0 aromatic heterocycles. The summed E-state index contributed by atoms with van der Waals surface area (Å²) in [5.74, 6) is -0.730. The van der Waals surface area contributed by atoms with Gasteiger partial charge < -0.3 is 4.74 Å². The van der Waals surface area contributed by atoms with Crippen molar-refractivity contribution in [1.29, 1.82) is 5.26 Å². The standard InChI is InChI=1S/C23H20Cl2N2O4S/c1-2-3-10-31-22(28)15-27(32(29,30)20-12-18(24)11-19(25)13-20)23-17(14-26)9-8-16-6-4-5-7-21(16)23/h4-9,11-13H,2-3,10,15H2,1H3. The molecule has 0 N–H and O–H groups in total. The first kappa shape index (κ1) is 23.9. The molecule has 3 rings (SSSR count). The average molecular weight is 491 g/mol. The summed E-state index contributed by atoms with van der Waals surface area (Å²) in [6.07, 6.45) is 1.47. The number of nitrogens with zero attached hydrogens (tertiary/aromatic N) is 2. The number of carbonyl (C=O) groups is 1. The summed E-state index contributed by atoms with van der Waals surface area (Å²) >= 11 is 12.1. The van der Waals surface area contributed by atoms with Crippen molar-refractivity contribution in [3.8, 4) is 6.07 Å². The maximum atomic E-state index is 13.7. The van der Waals surface area contributed by atoms with Crippen molar-refractivity contribution in [1.82, 2.24) is 0 Å². The molecule has 0 heterocycles. The molecule has 0 radical (unpaired) electrons. The number of anilines is 1. The first-order valence-corrected chi connectivity index (χ1v) is 12.0. The zero-order valence-electron chi connectivity index (χ0n) is 17.2. The van der Waals surface area contributed by atoms with Gasteiger partial charge in [0, 0.05) is 15.4 Å². The lowest BCUT2D eigenvalue weighted by Crippen LogP contribution is -2.37. The third-order valence-corrected chi connectivity index (χ3v) is 6.89. The van der Waals surface area contributed by atoms with Crippen LogP contribution in [0.3, 0.4) is 0 Å². The zero-order valence-corrected chi connectivity index (χ0v) is 19.5. The van der Waals surface area contributed by atoms with Crippen LogP contribution in [0.25, 0.3) is 10.8 Å². The number of hydrogen-bond acceptors (Lipinski definition) is 5. The van der Waals surface area contributed by atoms with E-state index in [-0.39, 0.29) is 32.8 Å². The summed E-state index contributed by atoms with van der Waals surface area (Å²) < 4.78 is 33.5. The van der Waals surface area contributed by atoms with E-state index in [9.17, 15) is 18.5 Å². The summed E-state index contributed by atoms with van der Waals surface area (Å²) in [5.41, 5.74) is 0.191. The van der Waals surface area contributed by atoms with E-state index in [1.807, 2.05) is 13.0 Å². The Labute approximate surface area is 197 Å². The quantitative estimate of drug-likeness (QED) is 0.304. The van der Waals surface area contributed by atoms with Gasteiger partial charge in [-0.3, -0.25) is 9.10 Å². The molecule has 0 unspecified atom stereocenters. The van der Waals surface area contributed by atoms with Crippen molar-refractivity contribution >= 4 is 55.7 Å². The van der Waals surface area contributed by atoms with Crippen LogP contribution in [0.1, 0.15) is 25.3 Å². The molecule has 0 atom stereocenters. The largest absolute Gasteiger partial charge is 0.464 e. The number of rotatable bonds is 8. The molecule has 0 fully saturated rings. The summed E-state index contributed by atoms with van der Waals surface area (Å²) in [5, 5.41) is 11.2. The highest BCUT2D eigenvalue weighted by Crippen LogP contribution is 2.35. The lowest BCUT2D eigenvalue weighted by molar-refractivity contribution is -0.141. The minimum Gasteiger partial charge on any atom is -0.464 e. The number of hydrogen-bond donors (Lipinski definition) is 0. The topological polar surface area (TPSA) is 87.5 Å². The Morgan fingerprint density at radius 2 is 1.78 bits per heavy atom. The highest BCUT2D eigenvalue weighted by atomic mass is 35.5. The smallest absolute Gasteiger partial charge is 0.326 e. The van der Waals surface area contributed by atoms with Crippen LogP contribution in [0.5, 0.6) is 0 Å². The molecule has 0 amide bonds. The van der Waals surface area contributed by atoms with Crippen LogP contribution >= 0.6 is 23.2 Å². The third-order valence-electron chi connectivity index (χ3n) is 4.73. The molecule has 0 saturated carbocycles. The molecule has 0 aliphatic carbocycles. The van der Waals surface area contributed by atoms with Crippen molar-refractivity contribution in [3.05, 3.63) is 70.2 Å². The number of unbranched alkanes of at least 4 members (excludes halogenated alkanes) is 1. The van der Waals surface area contributed by atoms with Crippen molar-refractivity contribution in [3.63, 3.8) is 0 Å². The fourth-order valence-corrected chi connectivity index (χ4v) is 5.37. The lowest BCUT2D eigenvalue weighted by Gasteiger charge is -2.26. The summed E-state index contributed by atoms with van der Waals surface area (Å²) in [4.78, 5) is 12.4. The van der Waals surface area contributed by atoms with E-state index >= 15 is 0 Å². The molecule has 0 aliphatic heterocycles. The third kappa shape index (κ3) is 5.16. The molecule has 6 nitrogen and oxygen atoms in total. The Kier molecular flexibility index (Phi) is 7.62. The Balaban J connectivity index is 2.22. The summed E-state index contributed by atoms with van der Waals surface area (Å²) in [6, 6.07) is 16.2. The zero-order chi connectivity index (χ0) is 23.3. The van der Waals surface area contributed by atoms with Gasteiger partial charge in [-0.2, -0.15) is 5.26 Å². The van der Waals surface area contributed by atoms with Crippen LogP contribution in [-0.2, 0) is 19.6 Å². The van der Waals surface area contributed by atoms with Gasteiger partial charge in [0.25, 0.3) is 10.0 Å². The van der Waals surface area contributed by atoms with E-state index in [2.05, 4.69) is 0 Å². The van der Waals surface area contributed by atoms with E-state index in [0.29, 0.717) is 17.2 Å². The Morgan fingerprint density at radius 3 is 2.44 bits per heavy atom. The predicted octanol–water partition coefficient (Wildman–Crippen LogP) is 5.56. The molecule has 3 aromatic carbocycles. The molecule has 166 valence electrons. The van der Waals surface area contributed by atoms with Crippen molar-refractivity contribution in [2.75, 3.05) is 17.5 Å². The van der Waals surface area contributed by atoms with Crippen LogP contribution in [-0.4, -0.2) is 27.5 Å². The fourth-order valence-electron chi connectivity index (χ4n) is 3.20. The number of carbonyl (C=O) groups excluding carboxylic acids is 1. The molecule has 32 heavy (non-hydrogen) atoms. The normalized spacial score (nSPS) is 11.2. The Morgan fingerprint density at radius 1 is 1.09 bits per heavy atom. The number of sulfonamides is 1. The molecule has 0 aliphatic rings. The van der Waals surface area contributed by atoms with Crippen molar-refractivity contribution in [2.45, 2.75) is 24.7 Å². The van der Waals surface area contributed by atoms with Crippen molar-refractivity contribution in [2.24, 2.45) is 0 Å². The van der Waals surface area contributed by atoms with Gasteiger partial charge in [0.1, 0.15) is 12.6 Å². The maximum Gasteiger partial charge on any atom is 0.326 e. The van der Waals surface area contributed by atoms with Gasteiger partial charge >= 0.3 is 5.97 Å². The Bertz CT molecular complexity index is 1280. The second-order valence-electron chi connectivity index (χ2n) is 6.99. The van der Waals surface area contributed by atoms with Gasteiger partial charge in [0.15, 0.2) is 0 Å². The van der Waals surface area contributed by atoms with Gasteiger partial charge in [0.2, 0.25) is 0 Å². The van der Waals surface area contributed by atoms with Crippen LogP contribution in [0, 0.1) is 11.3 Å². The number of benzene rings is 3. The lowest BCUT2D eigenvalue weighted by atomic mass is 10.0. The highest BCUT2D eigenvalue weighted by Gasteiger charge is 2.31. The van der Waals surface area contributed by atoms with Gasteiger partial charge in [0.05, 0.1) is 22.8 Å². The van der Waals surface area contributed by atoms with Gasteiger partial charge in [-0.1, -0.05) is 66.9 Å². The average Bonchev–Trinajstić information content (AvgIpc) is 2.76. The van der Waals surface area contributed by atoms with Crippen molar-refractivity contribution < 1.29 is 17.9 Å². The molecule has 0 bridgehead atoms. The van der Waals surface area contributed by atoms with E-state index < -0.39 is 22.5 Å². The monoisotopic (exact) mass is 490 g/mol. The molecular formula is C23H20Cl2N2O4S. The van der Waals surface area contributed by atoms with Gasteiger partial charge in [-0.05, 0) is 36.1 Å². The first-order chi connectivity index (χ1) is 15.3. The molecule has 3 aromatic rings. The highest BCUT2D eigenvalue weighted by molar-refractivity contribution is 7.93. The SMILES string of the molecule is CCCCOC(=O)CN(c1c(C#N)ccc2ccccc12)S(=O)(=O)c1cc(Cl)cc(Cl)c1. The number of nitriles is 1. The van der Waals surface area contributed by atoms with Gasteiger partial charge in [-0.25, -0.2) is 8.42 Å². The summed E-state index contributed by atoms with van der Waals surface area (Å²) in [7, 11) is -4.34. The molecule has 0 saturated heterocycles. The summed E-state index contributed by atoms with van der Waals surface area (Å²) in [6.45, 7) is 1.51. The predicted molar refractivity (Wildman–Crippen MR) is 126 cm³/mol. The minimum atomic E-state index is -4.34. The second-order valence-corrected chi connectivity index (χ2v) is 9.72. The number of ether oxygens (including phenoxy) is 1. The Hall–Kier alpha value is -2.79. The maximum absolute atomic E-state index is 13.7. The van der Waals surface area contributed by atoms with Crippen LogP contribution in [0.4, 0.5) is 5.69 Å². The van der Waals surface area contributed by atoms with Crippen LogP contribution < -0.4 is 4.31 Å². The first-order valence-electron chi connectivity index (χ1n) is 9.84. The number of fused-ring (bicyclic) bond motifs is 1. The molecular weight excluding hydrogens is 471 g/mol. The minimum absolute atomic E-state index is 0.0918. The molecule has 9 heteroatoms. The number of esters is 1. The number of halogens is 2. The van der Waals surface area contributed by atoms with Gasteiger partial charge in [-0.15, -0.1) is 0 Å². The molecule has 0 spiro atoms. The van der Waals surface area contributed by atoms with Crippen LogP contribution in [0.2, 0.25) is 10.0 Å². The van der Waals surface area contributed by atoms with E-state index in [4.69, 9.17) is 27.9 Å². The van der Waals surface area contributed by atoms with E-state index in [0.717, 1.165) is 10.7 Å². The van der Waals surface area contributed by atoms with Crippen LogP contribution in [0.15, 0.2) is 59.5 Å². The van der Waals surface area contributed by atoms with E-state index in [1.165, 1.54) is 24.3 Å². The fraction of sp³-hybridized carbons (Fsp3) is 0.217.